The Bertz CT molecular complexity index is 405. The Balaban J connectivity index is 2.37. The van der Waals surface area contributed by atoms with Gasteiger partial charge >= 0.3 is 0 Å². The normalized spacial score (nSPS) is 9.88. The van der Waals surface area contributed by atoms with E-state index in [1.807, 2.05) is 6.92 Å². The average Bonchev–Trinajstić information content (AvgIpc) is 2.51. The average molecular weight is 260 g/mol. The Morgan fingerprint density at radius 3 is 2.69 bits per heavy atom. The maximum Gasteiger partial charge on any atom is 0.248 e. The molecule has 0 spiro atoms. The third-order valence-corrected chi connectivity index (χ3v) is 3.83. The van der Waals surface area contributed by atoms with Gasteiger partial charge in [-0.2, -0.15) is 0 Å². The highest BCUT2D eigenvalue weighted by molar-refractivity contribution is 8.01. The minimum absolute atomic E-state index is 0.211. The first-order chi connectivity index (χ1) is 7.49. The van der Waals surface area contributed by atoms with E-state index in [0.717, 1.165) is 9.90 Å². The predicted molar refractivity (Wildman–Crippen MR) is 63.9 cm³/mol. The van der Waals surface area contributed by atoms with Crippen LogP contribution in [0.5, 0.6) is 0 Å². The Labute approximate surface area is 101 Å². The summed E-state index contributed by atoms with van der Waals surface area (Å²) >= 11 is 2.68. The van der Waals surface area contributed by atoms with Gasteiger partial charge in [-0.1, -0.05) is 11.3 Å². The van der Waals surface area contributed by atoms with Crippen molar-refractivity contribution in [2.45, 2.75) is 18.1 Å². The third kappa shape index (κ3) is 4.07. The zero-order valence-electron chi connectivity index (χ0n) is 8.86. The smallest absolute Gasteiger partial charge is 0.248 e. The molecule has 0 radical (unpaired) electrons. The summed E-state index contributed by atoms with van der Waals surface area (Å²) in [6, 6.07) is 0. The number of nitrogens with zero attached hydrogens (tertiary/aromatic N) is 1. The fourth-order valence-corrected chi connectivity index (χ4v) is 2.68. The summed E-state index contributed by atoms with van der Waals surface area (Å²) in [4.78, 5) is 25.8. The molecule has 0 unspecified atom stereocenters. The maximum absolute atomic E-state index is 11.2. The molecule has 2 amide bonds. The molecule has 0 bridgehead atoms. The second-order valence-electron chi connectivity index (χ2n) is 2.94. The lowest BCUT2D eigenvalue weighted by Crippen LogP contribution is -2.41. The number of hydrazine groups is 1. The molecular formula is C8H12N4O2S2. The largest absolute Gasteiger partial charge is 0.375 e. The second-order valence-corrected chi connectivity index (χ2v) is 5.22. The molecule has 0 aliphatic carbocycles. The lowest BCUT2D eigenvalue weighted by molar-refractivity contribution is -0.126. The highest BCUT2D eigenvalue weighted by Gasteiger charge is 2.08. The molecule has 4 N–H and O–H groups in total. The molecule has 0 aliphatic heterocycles. The molecule has 0 atom stereocenters. The summed E-state index contributed by atoms with van der Waals surface area (Å²) in [5.41, 5.74) is 10.8. The van der Waals surface area contributed by atoms with Gasteiger partial charge in [0.2, 0.25) is 11.8 Å². The van der Waals surface area contributed by atoms with Gasteiger partial charge in [-0.05, 0) is 6.92 Å². The van der Waals surface area contributed by atoms with Crippen LogP contribution in [0.2, 0.25) is 0 Å². The molecule has 1 rings (SSSR count). The number of hydrogen-bond donors (Lipinski definition) is 3. The fraction of sp³-hybridized carbons (Fsp3) is 0.375. The van der Waals surface area contributed by atoms with E-state index in [4.69, 9.17) is 5.73 Å². The topological polar surface area (TPSA) is 97.1 Å². The van der Waals surface area contributed by atoms with E-state index in [9.17, 15) is 9.59 Å². The SMILES string of the molecule is CC(=O)NNC(=O)CSc1sc(N)nc1C. The second kappa shape index (κ2) is 5.71. The van der Waals surface area contributed by atoms with Crippen LogP contribution in [0.1, 0.15) is 12.6 Å². The summed E-state index contributed by atoms with van der Waals surface area (Å²) in [7, 11) is 0. The lowest BCUT2D eigenvalue weighted by atomic mass is 10.6. The number of carbonyl (C=O) groups excluding carboxylic acids is 2. The van der Waals surface area contributed by atoms with Crippen LogP contribution in [0.3, 0.4) is 0 Å². The maximum atomic E-state index is 11.2. The highest BCUT2D eigenvalue weighted by atomic mass is 32.2. The number of thiazole rings is 1. The van der Waals surface area contributed by atoms with E-state index in [-0.39, 0.29) is 17.6 Å². The number of amides is 2. The minimum atomic E-state index is -0.309. The molecular weight excluding hydrogens is 248 g/mol. The monoisotopic (exact) mass is 260 g/mol. The molecule has 6 nitrogen and oxygen atoms in total. The van der Waals surface area contributed by atoms with Crippen LogP contribution < -0.4 is 16.6 Å². The predicted octanol–water partition coefficient (Wildman–Crippen LogP) is 0.293. The van der Waals surface area contributed by atoms with Gasteiger partial charge < -0.3 is 5.73 Å². The molecule has 0 aliphatic rings. The van der Waals surface area contributed by atoms with Gasteiger partial charge in [0.1, 0.15) is 0 Å². The molecule has 0 saturated carbocycles. The van der Waals surface area contributed by atoms with Crippen molar-refractivity contribution in [3.8, 4) is 0 Å². The van der Waals surface area contributed by atoms with E-state index in [1.54, 1.807) is 0 Å². The van der Waals surface area contributed by atoms with Crippen LogP contribution in [0.15, 0.2) is 4.21 Å². The van der Waals surface area contributed by atoms with Crippen molar-refractivity contribution in [2.24, 2.45) is 0 Å². The van der Waals surface area contributed by atoms with Crippen molar-refractivity contribution < 1.29 is 9.59 Å². The quantitative estimate of drug-likeness (QED) is 0.536. The van der Waals surface area contributed by atoms with E-state index in [2.05, 4.69) is 15.8 Å². The fourth-order valence-electron chi connectivity index (χ4n) is 0.861. The Kier molecular flexibility index (Phi) is 4.56. The Morgan fingerprint density at radius 2 is 2.19 bits per heavy atom. The van der Waals surface area contributed by atoms with Crippen molar-refractivity contribution in [1.82, 2.24) is 15.8 Å². The number of rotatable bonds is 3. The molecule has 8 heteroatoms. The summed E-state index contributed by atoms with van der Waals surface area (Å²) < 4.78 is 0.912. The number of carbonyl (C=O) groups is 2. The third-order valence-electron chi connectivity index (χ3n) is 1.48. The first kappa shape index (κ1) is 12.8. The summed E-state index contributed by atoms with van der Waals surface area (Å²) in [6.07, 6.45) is 0. The van der Waals surface area contributed by atoms with Gasteiger partial charge in [-0.3, -0.25) is 20.4 Å². The molecule has 1 heterocycles. The number of nitrogens with two attached hydrogens (primary N) is 1. The first-order valence-electron chi connectivity index (χ1n) is 4.40. The van der Waals surface area contributed by atoms with Gasteiger partial charge in [0.15, 0.2) is 5.13 Å². The van der Waals surface area contributed by atoms with Crippen LogP contribution in [0.4, 0.5) is 5.13 Å². The Morgan fingerprint density at radius 1 is 1.50 bits per heavy atom. The number of hydrogen-bond acceptors (Lipinski definition) is 6. The Hall–Kier alpha value is -1.28. The highest BCUT2D eigenvalue weighted by Crippen LogP contribution is 2.29. The van der Waals surface area contributed by atoms with Crippen LogP contribution in [0, 0.1) is 6.92 Å². The summed E-state index contributed by atoms with van der Waals surface area (Å²) in [5.74, 6) is -0.369. The molecule has 0 aromatic carbocycles. The van der Waals surface area contributed by atoms with Crippen molar-refractivity contribution in [3.05, 3.63) is 5.69 Å². The van der Waals surface area contributed by atoms with Gasteiger partial charge in [0, 0.05) is 6.92 Å². The van der Waals surface area contributed by atoms with Gasteiger partial charge in [0.05, 0.1) is 15.7 Å². The molecule has 0 saturated heterocycles. The van der Waals surface area contributed by atoms with Crippen molar-refractivity contribution >= 4 is 40.0 Å². The van der Waals surface area contributed by atoms with Crippen molar-refractivity contribution in [3.63, 3.8) is 0 Å². The van der Waals surface area contributed by atoms with Crippen LogP contribution in [-0.4, -0.2) is 22.6 Å². The molecule has 1 aromatic heterocycles. The summed E-state index contributed by atoms with van der Waals surface area (Å²) in [5, 5.41) is 0.488. The number of aryl methyl sites for hydroxylation is 1. The number of anilines is 1. The summed E-state index contributed by atoms with van der Waals surface area (Å²) in [6.45, 7) is 3.16. The number of nitrogens with one attached hydrogen (secondary N) is 2. The van der Waals surface area contributed by atoms with E-state index in [0.29, 0.717) is 5.13 Å². The zero-order chi connectivity index (χ0) is 12.1. The van der Waals surface area contributed by atoms with E-state index >= 15 is 0 Å². The van der Waals surface area contributed by atoms with Crippen LogP contribution >= 0.6 is 23.1 Å². The van der Waals surface area contributed by atoms with E-state index < -0.39 is 0 Å². The molecule has 16 heavy (non-hydrogen) atoms. The van der Waals surface area contributed by atoms with Crippen LogP contribution in [-0.2, 0) is 9.59 Å². The van der Waals surface area contributed by atoms with Crippen LogP contribution in [0.25, 0.3) is 0 Å². The molecule has 88 valence electrons. The first-order valence-corrected chi connectivity index (χ1v) is 6.20. The minimum Gasteiger partial charge on any atom is -0.375 e. The number of nitrogen functional groups attached to an aromatic ring is 1. The zero-order valence-corrected chi connectivity index (χ0v) is 10.5. The molecule has 1 aromatic rings. The standard InChI is InChI=1S/C8H12N4O2S2/c1-4-7(16-8(9)10-4)15-3-6(14)12-11-5(2)13/h3H2,1-2H3,(H2,9,10)(H,11,13)(H,12,14). The van der Waals surface area contributed by atoms with Crippen molar-refractivity contribution in [1.29, 1.82) is 0 Å². The van der Waals surface area contributed by atoms with Gasteiger partial charge in [-0.25, -0.2) is 4.98 Å². The lowest BCUT2D eigenvalue weighted by Gasteiger charge is -2.03. The number of aromatic nitrogens is 1. The number of thioether (sulfide) groups is 1. The van der Waals surface area contributed by atoms with Crippen molar-refractivity contribution in [2.75, 3.05) is 11.5 Å². The van der Waals surface area contributed by atoms with Gasteiger partial charge in [-0.15, -0.1) is 11.8 Å². The van der Waals surface area contributed by atoms with E-state index in [1.165, 1.54) is 30.0 Å². The molecule has 0 fully saturated rings. The van der Waals surface area contributed by atoms with Gasteiger partial charge in [0.25, 0.3) is 0 Å².